The quantitative estimate of drug-likeness (QED) is 0.604. The molecule has 1 amide bonds. The first-order valence-electron chi connectivity index (χ1n) is 7.16. The number of aromatic nitrogens is 1. The summed E-state index contributed by atoms with van der Waals surface area (Å²) in [6.07, 6.45) is 1.71. The molecule has 0 fully saturated rings. The first-order valence-corrected chi connectivity index (χ1v) is 8.71. The Hall–Kier alpha value is -2.02. The predicted octanol–water partition coefficient (Wildman–Crippen LogP) is 4.99. The van der Waals surface area contributed by atoms with E-state index in [1.165, 1.54) is 0 Å². The van der Waals surface area contributed by atoms with E-state index in [9.17, 15) is 4.79 Å². The largest absolute Gasteiger partial charge is 0.484 e. The van der Waals surface area contributed by atoms with Crippen molar-refractivity contribution >= 4 is 50.9 Å². The fourth-order valence-corrected chi connectivity index (χ4v) is 2.56. The smallest absolute Gasteiger partial charge is 0.374 e. The minimum absolute atomic E-state index is 0.123. The maximum Gasteiger partial charge on any atom is 0.374 e. The molecule has 128 valence electrons. The minimum Gasteiger partial charge on any atom is -0.484 e. The highest BCUT2D eigenvalue weighted by atomic mass is 79.9. The number of nitrogens with one attached hydrogen (secondary N) is 2. The van der Waals surface area contributed by atoms with Crippen molar-refractivity contribution in [3.8, 4) is 5.75 Å². The van der Waals surface area contributed by atoms with E-state index in [0.29, 0.717) is 27.4 Å². The van der Waals surface area contributed by atoms with Gasteiger partial charge in [0.05, 0.1) is 9.50 Å². The number of furan rings is 1. The molecule has 2 N–H and O–H groups in total. The van der Waals surface area contributed by atoms with Gasteiger partial charge >= 0.3 is 5.91 Å². The number of halogens is 3. The predicted molar refractivity (Wildman–Crippen MR) is 98.2 cm³/mol. The average Bonchev–Trinajstić information content (AvgIpc) is 3.07. The molecule has 0 radical (unpaired) electrons. The molecule has 0 atom stereocenters. The number of benzene rings is 1. The third kappa shape index (κ3) is 4.75. The summed E-state index contributed by atoms with van der Waals surface area (Å²) in [6.45, 7) is 0.123. The fraction of sp³-hybridized carbons (Fsp3) is 0.0588. The fourth-order valence-electron chi connectivity index (χ4n) is 1.98. The highest BCUT2D eigenvalue weighted by molar-refractivity contribution is 9.10. The summed E-state index contributed by atoms with van der Waals surface area (Å²) in [5, 5.41) is 3.66. The van der Waals surface area contributed by atoms with Crippen molar-refractivity contribution < 1.29 is 18.9 Å². The topological polar surface area (TPSA) is 65.6 Å². The number of anilines is 1. The van der Waals surface area contributed by atoms with E-state index < -0.39 is 0 Å². The second-order valence-electron chi connectivity index (χ2n) is 5.00. The number of hydrogen-bond donors (Lipinski definition) is 1. The van der Waals surface area contributed by atoms with Crippen LogP contribution in [0, 0.1) is 0 Å². The molecule has 0 saturated heterocycles. The van der Waals surface area contributed by atoms with E-state index in [2.05, 4.69) is 26.2 Å². The summed E-state index contributed by atoms with van der Waals surface area (Å²) < 4.78 is 11.9. The molecule has 1 aromatic carbocycles. The number of aromatic amines is 1. The maximum absolute atomic E-state index is 12.2. The molecule has 0 spiro atoms. The van der Waals surface area contributed by atoms with Gasteiger partial charge in [0.2, 0.25) is 5.76 Å². The Labute approximate surface area is 162 Å². The Morgan fingerprint density at radius 1 is 1.20 bits per heavy atom. The highest BCUT2D eigenvalue weighted by Gasteiger charge is 2.17. The van der Waals surface area contributed by atoms with Crippen molar-refractivity contribution in [1.82, 2.24) is 0 Å². The summed E-state index contributed by atoms with van der Waals surface area (Å²) in [5.41, 5.74) is 0. The van der Waals surface area contributed by atoms with Gasteiger partial charge in [-0.05, 0) is 46.3 Å². The molecule has 0 saturated carbocycles. The van der Waals surface area contributed by atoms with Crippen molar-refractivity contribution in [3.63, 3.8) is 0 Å². The zero-order valence-corrected chi connectivity index (χ0v) is 15.8. The number of hydrogen-bond acceptors (Lipinski definition) is 3. The number of carbonyl (C=O) groups excluding carboxylic acids is 1. The van der Waals surface area contributed by atoms with Crippen LogP contribution in [0.1, 0.15) is 16.3 Å². The van der Waals surface area contributed by atoms with E-state index in [-0.39, 0.29) is 18.3 Å². The van der Waals surface area contributed by atoms with Crippen molar-refractivity contribution in [2.45, 2.75) is 6.61 Å². The average molecular weight is 443 g/mol. The van der Waals surface area contributed by atoms with E-state index in [1.807, 2.05) is 6.07 Å². The third-order valence-corrected chi connectivity index (χ3v) is 4.21. The summed E-state index contributed by atoms with van der Waals surface area (Å²) in [7, 11) is 0. The molecule has 3 aromatic rings. The Morgan fingerprint density at radius 3 is 2.80 bits per heavy atom. The molecular weight excluding hydrogens is 431 g/mol. The standard InChI is InChI=1S/C17H11BrCl2N2O3/c18-10-1-6-16(21-8-10)22-17(23)14-5-3-12(25-14)9-24-15-7-11(19)2-4-13(15)20/h1-8H,9H2,(H,21,22,23)/p+1. The Balaban J connectivity index is 1.62. The molecule has 3 rings (SSSR count). The molecule has 0 unspecified atom stereocenters. The zero-order chi connectivity index (χ0) is 17.8. The van der Waals surface area contributed by atoms with Crippen LogP contribution in [0.5, 0.6) is 5.75 Å². The minimum atomic E-state index is -0.370. The van der Waals surface area contributed by atoms with Gasteiger partial charge < -0.3 is 9.15 Å². The van der Waals surface area contributed by atoms with E-state index >= 15 is 0 Å². The lowest BCUT2D eigenvalue weighted by molar-refractivity contribution is -0.361. The molecule has 0 bridgehead atoms. The second kappa shape index (κ2) is 7.91. The number of ether oxygens (including phenoxy) is 1. The second-order valence-corrected chi connectivity index (χ2v) is 6.76. The highest BCUT2D eigenvalue weighted by Crippen LogP contribution is 2.28. The Morgan fingerprint density at radius 2 is 2.04 bits per heavy atom. The molecule has 8 heteroatoms. The van der Waals surface area contributed by atoms with Crippen LogP contribution < -0.4 is 15.0 Å². The van der Waals surface area contributed by atoms with Crippen LogP contribution in [0.15, 0.2) is 57.6 Å². The van der Waals surface area contributed by atoms with Crippen LogP contribution in [-0.4, -0.2) is 5.91 Å². The van der Waals surface area contributed by atoms with E-state index in [0.717, 1.165) is 4.47 Å². The van der Waals surface area contributed by atoms with Crippen molar-refractivity contribution in [3.05, 3.63) is 74.7 Å². The lowest BCUT2D eigenvalue weighted by Gasteiger charge is -2.06. The molecular formula is C17H12BrCl2N2O3+. The van der Waals surface area contributed by atoms with Crippen LogP contribution in [0.25, 0.3) is 0 Å². The van der Waals surface area contributed by atoms with E-state index in [1.54, 1.807) is 42.6 Å². The van der Waals surface area contributed by atoms with Crippen LogP contribution >= 0.6 is 39.1 Å². The maximum atomic E-state index is 12.2. The van der Waals surface area contributed by atoms with Gasteiger partial charge in [0, 0.05) is 17.2 Å². The van der Waals surface area contributed by atoms with Crippen LogP contribution in [-0.2, 0) is 6.61 Å². The summed E-state index contributed by atoms with van der Waals surface area (Å²) in [5.74, 6) is 1.29. The number of amides is 1. The van der Waals surface area contributed by atoms with E-state index in [4.69, 9.17) is 32.4 Å². The third-order valence-electron chi connectivity index (χ3n) is 3.17. The molecule has 0 aliphatic rings. The molecule has 25 heavy (non-hydrogen) atoms. The molecule has 5 nitrogen and oxygen atoms in total. The van der Waals surface area contributed by atoms with Crippen LogP contribution in [0.4, 0.5) is 5.82 Å². The summed E-state index contributed by atoms with van der Waals surface area (Å²) in [4.78, 5) is 15.1. The molecule has 2 aromatic heterocycles. The van der Waals surface area contributed by atoms with Gasteiger partial charge in [-0.15, -0.1) is 0 Å². The van der Waals surface area contributed by atoms with Gasteiger partial charge in [0.25, 0.3) is 5.82 Å². The number of rotatable bonds is 5. The first-order chi connectivity index (χ1) is 12.0. The number of H-pyrrole nitrogens is 1. The van der Waals surface area contributed by atoms with Crippen LogP contribution in [0.3, 0.4) is 0 Å². The number of pyridine rings is 1. The normalized spacial score (nSPS) is 10.5. The monoisotopic (exact) mass is 441 g/mol. The van der Waals surface area contributed by atoms with Gasteiger partial charge in [0.1, 0.15) is 24.3 Å². The van der Waals surface area contributed by atoms with Gasteiger partial charge in [-0.2, -0.15) is 0 Å². The lowest BCUT2D eigenvalue weighted by Crippen LogP contribution is -2.18. The first kappa shape index (κ1) is 17.8. The lowest BCUT2D eigenvalue weighted by atomic mass is 10.3. The summed E-state index contributed by atoms with van der Waals surface area (Å²) in [6, 6.07) is 11.7. The molecule has 2 heterocycles. The Kier molecular flexibility index (Phi) is 5.63. The number of carbonyl (C=O) groups is 1. The zero-order valence-electron chi connectivity index (χ0n) is 12.7. The van der Waals surface area contributed by atoms with Gasteiger partial charge in [-0.1, -0.05) is 23.2 Å². The van der Waals surface area contributed by atoms with Crippen molar-refractivity contribution in [2.75, 3.05) is 5.32 Å². The van der Waals surface area contributed by atoms with Gasteiger partial charge in [-0.3, -0.25) is 0 Å². The van der Waals surface area contributed by atoms with Crippen molar-refractivity contribution in [2.24, 2.45) is 0 Å². The summed E-state index contributed by atoms with van der Waals surface area (Å²) >= 11 is 15.3. The van der Waals surface area contributed by atoms with Gasteiger partial charge in [-0.25, -0.2) is 15.1 Å². The van der Waals surface area contributed by atoms with Crippen LogP contribution in [0.2, 0.25) is 10.0 Å². The Bertz CT molecular complexity index is 897. The SMILES string of the molecule is O=C(Nc1ccc(Br)c[nH+]1)c1ccc(COc2cc(Cl)ccc2Cl)o1. The molecule has 0 aliphatic heterocycles. The molecule has 0 aliphatic carbocycles. The van der Waals surface area contributed by atoms with Gasteiger partial charge in [0.15, 0.2) is 0 Å². The van der Waals surface area contributed by atoms with Crippen molar-refractivity contribution in [1.29, 1.82) is 0 Å².